The van der Waals surface area contributed by atoms with Gasteiger partial charge in [0.15, 0.2) is 0 Å². The molecule has 3 nitrogen and oxygen atoms in total. The number of nitrogens with zero attached hydrogens (tertiary/aromatic N) is 1. The predicted molar refractivity (Wildman–Crippen MR) is 78.6 cm³/mol. The van der Waals surface area contributed by atoms with Gasteiger partial charge in [0.2, 0.25) is 5.91 Å². The van der Waals surface area contributed by atoms with E-state index in [0.717, 1.165) is 38.0 Å². The monoisotopic (exact) mass is 300 g/mol. The first-order chi connectivity index (χ1) is 9.18. The number of halogens is 2. The molecular formula is C14H18Cl2N2O. The van der Waals surface area contributed by atoms with Crippen molar-refractivity contribution >= 4 is 29.1 Å². The Kier molecular flexibility index (Phi) is 5.49. The molecule has 19 heavy (non-hydrogen) atoms. The summed E-state index contributed by atoms with van der Waals surface area (Å²) in [7, 11) is 0. The number of likely N-dealkylation sites (tertiary alicyclic amines) is 1. The fourth-order valence-electron chi connectivity index (χ4n) is 2.25. The van der Waals surface area contributed by atoms with Crippen molar-refractivity contribution in [3.63, 3.8) is 0 Å². The van der Waals surface area contributed by atoms with Gasteiger partial charge in [0.25, 0.3) is 0 Å². The van der Waals surface area contributed by atoms with Crippen molar-refractivity contribution in [2.45, 2.75) is 25.8 Å². The zero-order chi connectivity index (χ0) is 13.7. The molecule has 0 unspecified atom stereocenters. The molecule has 0 spiro atoms. The summed E-state index contributed by atoms with van der Waals surface area (Å²) in [6, 6.07) is 5.52. The highest BCUT2D eigenvalue weighted by atomic mass is 35.5. The van der Waals surface area contributed by atoms with Crippen LogP contribution < -0.4 is 5.32 Å². The van der Waals surface area contributed by atoms with Gasteiger partial charge in [-0.15, -0.1) is 0 Å². The normalized spacial score (nSPS) is 15.3. The number of carbonyl (C=O) groups is 1. The first-order valence-corrected chi connectivity index (χ1v) is 7.35. The Bertz CT molecular complexity index is 431. The smallest absolute Gasteiger partial charge is 0.222 e. The lowest BCUT2D eigenvalue weighted by molar-refractivity contribution is -0.127. The molecule has 0 bridgehead atoms. The van der Waals surface area contributed by atoms with E-state index in [9.17, 15) is 4.79 Å². The molecule has 1 fully saturated rings. The molecule has 1 aromatic carbocycles. The van der Waals surface area contributed by atoms with Crippen LogP contribution in [0.25, 0.3) is 0 Å². The van der Waals surface area contributed by atoms with Crippen molar-refractivity contribution < 1.29 is 4.79 Å². The zero-order valence-corrected chi connectivity index (χ0v) is 12.3. The van der Waals surface area contributed by atoms with Crippen molar-refractivity contribution in [1.82, 2.24) is 10.2 Å². The maximum atomic E-state index is 11.4. The lowest BCUT2D eigenvalue weighted by atomic mass is 10.2. The Balaban J connectivity index is 1.68. The summed E-state index contributed by atoms with van der Waals surface area (Å²) in [6.45, 7) is 3.26. The lowest BCUT2D eigenvalue weighted by Gasteiger charge is -2.15. The Morgan fingerprint density at radius 3 is 2.63 bits per heavy atom. The maximum Gasteiger partial charge on any atom is 0.222 e. The fraction of sp³-hybridized carbons (Fsp3) is 0.500. The maximum absolute atomic E-state index is 11.4. The third-order valence-electron chi connectivity index (χ3n) is 3.32. The highest BCUT2D eigenvalue weighted by molar-refractivity contribution is 6.35. The summed E-state index contributed by atoms with van der Waals surface area (Å²) in [5.74, 6) is 0.286. The van der Waals surface area contributed by atoms with Gasteiger partial charge >= 0.3 is 0 Å². The second-order valence-corrected chi connectivity index (χ2v) is 5.53. The second kappa shape index (κ2) is 7.13. The highest BCUT2D eigenvalue weighted by Gasteiger charge is 2.18. The Morgan fingerprint density at radius 2 is 2.00 bits per heavy atom. The van der Waals surface area contributed by atoms with Crippen LogP contribution in [-0.2, 0) is 11.3 Å². The third-order valence-corrected chi connectivity index (χ3v) is 4.02. The summed E-state index contributed by atoms with van der Waals surface area (Å²) in [5, 5.41) is 4.69. The molecular weight excluding hydrogens is 283 g/mol. The number of carbonyl (C=O) groups excluding carboxylic acids is 1. The van der Waals surface area contributed by atoms with Crippen LogP contribution >= 0.6 is 23.2 Å². The van der Waals surface area contributed by atoms with E-state index in [0.29, 0.717) is 23.0 Å². The molecule has 1 saturated heterocycles. The van der Waals surface area contributed by atoms with Gasteiger partial charge in [-0.2, -0.15) is 0 Å². The van der Waals surface area contributed by atoms with E-state index >= 15 is 0 Å². The predicted octanol–water partition coefficient (Wildman–Crippen LogP) is 3.10. The third kappa shape index (κ3) is 4.10. The van der Waals surface area contributed by atoms with E-state index in [1.165, 1.54) is 0 Å². The van der Waals surface area contributed by atoms with Gasteiger partial charge in [0.05, 0.1) is 0 Å². The number of nitrogens with one attached hydrogen (secondary N) is 1. The van der Waals surface area contributed by atoms with Crippen LogP contribution in [0.5, 0.6) is 0 Å². The number of rotatable bonds is 6. The molecule has 1 amide bonds. The van der Waals surface area contributed by atoms with Gasteiger partial charge in [-0.05, 0) is 31.5 Å². The molecule has 0 aromatic heterocycles. The Morgan fingerprint density at radius 1 is 1.26 bits per heavy atom. The van der Waals surface area contributed by atoms with E-state index in [4.69, 9.17) is 23.2 Å². The molecule has 2 rings (SSSR count). The Labute approximate surface area is 123 Å². The average molecular weight is 301 g/mol. The molecule has 104 valence electrons. The summed E-state index contributed by atoms with van der Waals surface area (Å²) < 4.78 is 0. The summed E-state index contributed by atoms with van der Waals surface area (Å²) in [6.07, 6.45) is 2.66. The molecule has 0 atom stereocenters. The number of benzene rings is 1. The number of hydrogen-bond acceptors (Lipinski definition) is 2. The molecule has 1 N–H and O–H groups in total. The minimum atomic E-state index is 0.286. The van der Waals surface area contributed by atoms with E-state index in [1.807, 2.05) is 23.1 Å². The molecule has 1 aromatic rings. The van der Waals surface area contributed by atoms with Gasteiger partial charge in [0, 0.05) is 41.7 Å². The highest BCUT2D eigenvalue weighted by Crippen LogP contribution is 2.23. The Hall–Kier alpha value is -0.770. The van der Waals surface area contributed by atoms with Crippen molar-refractivity contribution in [2.24, 2.45) is 0 Å². The van der Waals surface area contributed by atoms with Gasteiger partial charge in [-0.25, -0.2) is 0 Å². The number of amides is 1. The summed E-state index contributed by atoms with van der Waals surface area (Å²) in [4.78, 5) is 13.4. The standard InChI is InChI=1S/C14H18Cl2N2O/c15-12-4-1-5-13(16)11(12)10-17-7-3-9-18-8-2-6-14(18)19/h1,4-5,17H,2-3,6-10H2. The first-order valence-electron chi connectivity index (χ1n) is 6.60. The number of hydrogen-bond donors (Lipinski definition) is 1. The van der Waals surface area contributed by atoms with E-state index in [-0.39, 0.29) is 5.91 Å². The van der Waals surface area contributed by atoms with Crippen molar-refractivity contribution in [2.75, 3.05) is 19.6 Å². The molecule has 1 aliphatic heterocycles. The molecule has 0 aliphatic carbocycles. The van der Waals surface area contributed by atoms with Gasteiger partial charge < -0.3 is 10.2 Å². The van der Waals surface area contributed by atoms with Crippen molar-refractivity contribution in [3.8, 4) is 0 Å². The van der Waals surface area contributed by atoms with Crippen LogP contribution in [0, 0.1) is 0 Å². The van der Waals surface area contributed by atoms with Crippen LogP contribution in [0.4, 0.5) is 0 Å². The van der Waals surface area contributed by atoms with E-state index in [2.05, 4.69) is 5.32 Å². The SMILES string of the molecule is O=C1CCCN1CCCNCc1c(Cl)cccc1Cl. The van der Waals surface area contributed by atoms with Crippen LogP contribution in [0.3, 0.4) is 0 Å². The largest absolute Gasteiger partial charge is 0.343 e. The molecule has 1 aliphatic rings. The van der Waals surface area contributed by atoms with Gasteiger partial charge in [0.1, 0.15) is 0 Å². The van der Waals surface area contributed by atoms with Crippen LogP contribution in [0.1, 0.15) is 24.8 Å². The van der Waals surface area contributed by atoms with E-state index in [1.54, 1.807) is 0 Å². The molecule has 5 heteroatoms. The van der Waals surface area contributed by atoms with Gasteiger partial charge in [-0.1, -0.05) is 29.3 Å². The van der Waals surface area contributed by atoms with Crippen molar-refractivity contribution in [3.05, 3.63) is 33.8 Å². The summed E-state index contributed by atoms with van der Waals surface area (Å²) in [5.41, 5.74) is 0.933. The minimum absolute atomic E-state index is 0.286. The molecule has 0 radical (unpaired) electrons. The molecule has 1 heterocycles. The van der Waals surface area contributed by atoms with Gasteiger partial charge in [-0.3, -0.25) is 4.79 Å². The van der Waals surface area contributed by atoms with E-state index < -0.39 is 0 Å². The minimum Gasteiger partial charge on any atom is -0.343 e. The van der Waals surface area contributed by atoms with Crippen LogP contribution in [-0.4, -0.2) is 30.4 Å². The zero-order valence-electron chi connectivity index (χ0n) is 10.8. The fourth-order valence-corrected chi connectivity index (χ4v) is 2.78. The average Bonchev–Trinajstić information content (AvgIpc) is 2.78. The quantitative estimate of drug-likeness (QED) is 0.819. The molecule has 0 saturated carbocycles. The van der Waals surface area contributed by atoms with Crippen LogP contribution in [0.15, 0.2) is 18.2 Å². The topological polar surface area (TPSA) is 32.3 Å². The summed E-state index contributed by atoms with van der Waals surface area (Å²) >= 11 is 12.2. The van der Waals surface area contributed by atoms with Crippen LogP contribution in [0.2, 0.25) is 10.0 Å². The lowest BCUT2D eigenvalue weighted by Crippen LogP contribution is -2.28. The second-order valence-electron chi connectivity index (χ2n) is 4.71. The van der Waals surface area contributed by atoms with Crippen molar-refractivity contribution in [1.29, 1.82) is 0 Å². The first kappa shape index (κ1) is 14.6.